The number of aromatic nitrogens is 2. The van der Waals surface area contributed by atoms with E-state index in [0.717, 1.165) is 33.8 Å². The summed E-state index contributed by atoms with van der Waals surface area (Å²) < 4.78 is 5.22. The number of anilines is 1. The Labute approximate surface area is 181 Å². The molecule has 2 aromatic heterocycles. The fourth-order valence-corrected chi connectivity index (χ4v) is 4.17. The van der Waals surface area contributed by atoms with E-state index in [-0.39, 0.29) is 11.9 Å². The van der Waals surface area contributed by atoms with Crippen molar-refractivity contribution in [2.75, 3.05) is 39.6 Å². The third-order valence-electron chi connectivity index (χ3n) is 4.99. The van der Waals surface area contributed by atoms with E-state index in [9.17, 15) is 4.79 Å². The van der Waals surface area contributed by atoms with Crippen LogP contribution in [0.5, 0.6) is 5.75 Å². The Morgan fingerprint density at radius 2 is 2.00 bits per heavy atom. The molecule has 0 saturated carbocycles. The first-order valence-electron chi connectivity index (χ1n) is 10.1. The smallest absolute Gasteiger partial charge is 0.221 e. The average Bonchev–Trinajstić information content (AvgIpc) is 3.18. The van der Waals surface area contributed by atoms with Crippen molar-refractivity contribution in [3.63, 3.8) is 0 Å². The van der Waals surface area contributed by atoms with Crippen LogP contribution >= 0.6 is 11.3 Å². The Morgan fingerprint density at radius 3 is 2.67 bits per heavy atom. The molecule has 0 fully saturated rings. The standard InChI is InChI=1S/C22H29N5O2S/c1-5-17-12-18-21(25-14-26-22(18)30-17)23-11-10-20(28)24-13-19(27(2)3)15-6-8-16(29-4)9-7-15/h6-9,12,14,19H,5,10-11,13H2,1-4H3,(H,24,28)(H,23,25,26). The van der Waals surface area contributed by atoms with Crippen LogP contribution < -0.4 is 15.4 Å². The molecule has 3 aromatic rings. The van der Waals surface area contributed by atoms with E-state index in [1.165, 1.54) is 4.88 Å². The van der Waals surface area contributed by atoms with Crippen LogP contribution in [0.15, 0.2) is 36.7 Å². The Morgan fingerprint density at radius 1 is 1.23 bits per heavy atom. The molecule has 2 heterocycles. The zero-order valence-corrected chi connectivity index (χ0v) is 18.8. The Hall–Kier alpha value is -2.71. The first-order valence-corrected chi connectivity index (χ1v) is 10.9. The summed E-state index contributed by atoms with van der Waals surface area (Å²) >= 11 is 1.68. The van der Waals surface area contributed by atoms with Crippen molar-refractivity contribution in [1.82, 2.24) is 20.2 Å². The molecule has 2 N–H and O–H groups in total. The van der Waals surface area contributed by atoms with Gasteiger partial charge < -0.3 is 20.3 Å². The molecular weight excluding hydrogens is 398 g/mol. The number of nitrogens with one attached hydrogen (secondary N) is 2. The fourth-order valence-electron chi connectivity index (χ4n) is 3.24. The van der Waals surface area contributed by atoms with Crippen molar-refractivity contribution in [1.29, 1.82) is 0 Å². The lowest BCUT2D eigenvalue weighted by atomic mass is 10.1. The van der Waals surface area contributed by atoms with Crippen LogP contribution in [0.2, 0.25) is 0 Å². The number of hydrogen-bond acceptors (Lipinski definition) is 7. The van der Waals surface area contributed by atoms with Crippen molar-refractivity contribution in [2.24, 2.45) is 0 Å². The van der Waals surface area contributed by atoms with Crippen LogP contribution in [0, 0.1) is 0 Å². The summed E-state index contributed by atoms with van der Waals surface area (Å²) in [5.74, 6) is 1.61. The highest BCUT2D eigenvalue weighted by Gasteiger charge is 2.15. The van der Waals surface area contributed by atoms with Gasteiger partial charge in [0.25, 0.3) is 0 Å². The van der Waals surface area contributed by atoms with Gasteiger partial charge in [-0.15, -0.1) is 11.3 Å². The molecule has 0 spiro atoms. The van der Waals surface area contributed by atoms with Crippen molar-refractivity contribution in [3.8, 4) is 5.75 Å². The van der Waals surface area contributed by atoms with E-state index in [1.807, 2.05) is 38.4 Å². The first-order chi connectivity index (χ1) is 14.5. The minimum atomic E-state index is 0.00716. The number of aryl methyl sites for hydroxylation is 1. The topological polar surface area (TPSA) is 79.4 Å². The molecule has 8 heteroatoms. The summed E-state index contributed by atoms with van der Waals surface area (Å²) in [5.41, 5.74) is 1.13. The zero-order chi connectivity index (χ0) is 21.5. The number of nitrogens with zero attached hydrogens (tertiary/aromatic N) is 3. The summed E-state index contributed by atoms with van der Waals surface area (Å²) in [6, 6.07) is 10.2. The third kappa shape index (κ3) is 5.46. The van der Waals surface area contributed by atoms with Crippen molar-refractivity contribution in [3.05, 3.63) is 47.1 Å². The lowest BCUT2D eigenvalue weighted by Crippen LogP contribution is -2.35. The zero-order valence-electron chi connectivity index (χ0n) is 17.9. The fraction of sp³-hybridized carbons (Fsp3) is 0.409. The number of hydrogen-bond donors (Lipinski definition) is 2. The highest BCUT2D eigenvalue weighted by molar-refractivity contribution is 7.18. The third-order valence-corrected chi connectivity index (χ3v) is 6.18. The van der Waals surface area contributed by atoms with Gasteiger partial charge in [0.15, 0.2) is 0 Å². The van der Waals surface area contributed by atoms with E-state index >= 15 is 0 Å². The number of carbonyl (C=O) groups excluding carboxylic acids is 1. The predicted molar refractivity (Wildman–Crippen MR) is 122 cm³/mol. The Kier molecular flexibility index (Phi) is 7.59. The summed E-state index contributed by atoms with van der Waals surface area (Å²) in [6.07, 6.45) is 2.92. The van der Waals surface area contributed by atoms with E-state index in [0.29, 0.717) is 19.5 Å². The summed E-state index contributed by atoms with van der Waals surface area (Å²) in [4.78, 5) is 25.4. The quantitative estimate of drug-likeness (QED) is 0.516. The van der Waals surface area contributed by atoms with Crippen LogP contribution in [-0.2, 0) is 11.2 Å². The number of fused-ring (bicyclic) bond motifs is 1. The number of benzene rings is 1. The monoisotopic (exact) mass is 427 g/mol. The van der Waals surface area contributed by atoms with Gasteiger partial charge in [0.2, 0.25) is 5.91 Å². The normalized spacial score (nSPS) is 12.2. The van der Waals surface area contributed by atoms with Crippen LogP contribution in [0.3, 0.4) is 0 Å². The molecule has 0 saturated heterocycles. The predicted octanol–water partition coefficient (Wildman–Crippen LogP) is 3.48. The van der Waals surface area contributed by atoms with Gasteiger partial charge in [-0.25, -0.2) is 9.97 Å². The van der Waals surface area contributed by atoms with Gasteiger partial charge in [0.05, 0.1) is 18.5 Å². The van der Waals surface area contributed by atoms with Gasteiger partial charge in [-0.05, 0) is 44.3 Å². The number of carbonyl (C=O) groups is 1. The first kappa shape index (κ1) is 22.0. The number of likely N-dealkylation sites (N-methyl/N-ethyl adjacent to an activating group) is 1. The lowest BCUT2D eigenvalue weighted by molar-refractivity contribution is -0.121. The molecule has 0 aliphatic rings. The molecule has 0 aliphatic carbocycles. The molecule has 1 amide bonds. The van der Waals surface area contributed by atoms with Gasteiger partial charge in [-0.2, -0.15) is 0 Å². The molecule has 0 aliphatic heterocycles. The minimum Gasteiger partial charge on any atom is -0.497 e. The van der Waals surface area contributed by atoms with Crippen LogP contribution in [-0.4, -0.2) is 55.1 Å². The molecule has 7 nitrogen and oxygen atoms in total. The molecule has 1 unspecified atom stereocenters. The number of amides is 1. The van der Waals surface area contributed by atoms with E-state index in [4.69, 9.17) is 4.74 Å². The van der Waals surface area contributed by atoms with Crippen molar-refractivity contribution >= 4 is 33.3 Å². The summed E-state index contributed by atoms with van der Waals surface area (Å²) in [5, 5.41) is 7.35. The number of rotatable bonds is 10. The number of thiophene rings is 1. The molecule has 1 atom stereocenters. The summed E-state index contributed by atoms with van der Waals surface area (Å²) in [6.45, 7) is 3.19. The Bertz CT molecular complexity index is 971. The summed E-state index contributed by atoms with van der Waals surface area (Å²) in [7, 11) is 5.67. The molecule has 3 rings (SSSR count). The lowest BCUT2D eigenvalue weighted by Gasteiger charge is -2.25. The molecule has 30 heavy (non-hydrogen) atoms. The maximum absolute atomic E-state index is 12.4. The van der Waals surface area contributed by atoms with Gasteiger partial charge in [0, 0.05) is 24.4 Å². The molecule has 0 bridgehead atoms. The van der Waals surface area contributed by atoms with Crippen molar-refractivity contribution < 1.29 is 9.53 Å². The van der Waals surface area contributed by atoms with Gasteiger partial charge in [-0.3, -0.25) is 4.79 Å². The maximum Gasteiger partial charge on any atom is 0.221 e. The number of methoxy groups -OCH3 is 1. The second-order valence-electron chi connectivity index (χ2n) is 7.24. The minimum absolute atomic E-state index is 0.00716. The molecule has 0 radical (unpaired) electrons. The molecule has 160 valence electrons. The number of ether oxygens (including phenoxy) is 1. The average molecular weight is 428 g/mol. The van der Waals surface area contributed by atoms with Crippen LogP contribution in [0.4, 0.5) is 5.82 Å². The Balaban J connectivity index is 1.52. The van der Waals surface area contributed by atoms with Crippen molar-refractivity contribution in [2.45, 2.75) is 25.8 Å². The van der Waals surface area contributed by atoms with E-state index in [1.54, 1.807) is 24.8 Å². The second kappa shape index (κ2) is 10.4. The largest absolute Gasteiger partial charge is 0.497 e. The maximum atomic E-state index is 12.4. The van der Waals surface area contributed by atoms with E-state index in [2.05, 4.69) is 38.5 Å². The van der Waals surface area contributed by atoms with Gasteiger partial charge in [-0.1, -0.05) is 19.1 Å². The molecule has 1 aromatic carbocycles. The second-order valence-corrected chi connectivity index (χ2v) is 8.36. The van der Waals surface area contributed by atoms with E-state index < -0.39 is 0 Å². The van der Waals surface area contributed by atoms with Gasteiger partial charge >= 0.3 is 0 Å². The van der Waals surface area contributed by atoms with Crippen LogP contribution in [0.25, 0.3) is 10.2 Å². The SMILES string of the molecule is CCc1cc2c(NCCC(=O)NCC(c3ccc(OC)cc3)N(C)C)ncnc2s1. The highest BCUT2D eigenvalue weighted by Crippen LogP contribution is 2.28. The molecular formula is C22H29N5O2S. The highest BCUT2D eigenvalue weighted by atomic mass is 32.1. The van der Waals surface area contributed by atoms with Gasteiger partial charge in [0.1, 0.15) is 22.7 Å². The van der Waals surface area contributed by atoms with Crippen LogP contribution in [0.1, 0.15) is 29.8 Å².